The number of amides is 1. The Kier molecular flexibility index (Phi) is 6.85. The summed E-state index contributed by atoms with van der Waals surface area (Å²) in [7, 11) is -2.48. The summed E-state index contributed by atoms with van der Waals surface area (Å²) >= 11 is 1.31. The van der Waals surface area contributed by atoms with E-state index < -0.39 is 22.1 Å². The van der Waals surface area contributed by atoms with Gasteiger partial charge in [-0.1, -0.05) is 29.8 Å². The first-order valence-electron chi connectivity index (χ1n) is 12.0. The molecule has 0 saturated carbocycles. The largest absolute Gasteiger partial charge is 0.475 e. The molecular formula is C28H26N2O6S2. The predicted molar refractivity (Wildman–Crippen MR) is 148 cm³/mol. The zero-order valence-corrected chi connectivity index (χ0v) is 22.7. The van der Waals surface area contributed by atoms with Gasteiger partial charge >= 0.3 is 5.97 Å². The van der Waals surface area contributed by atoms with Crippen LogP contribution in [0, 0.1) is 6.92 Å². The molecule has 1 amide bonds. The Bertz CT molecular complexity index is 1630. The SMILES string of the molecule is CCN(c1ccc2sc(C(=O)N3CC(C(=O)OC)Oc4ccccc43)cc2c1)S(=O)(=O)c1ccc(C)cc1. The van der Waals surface area contributed by atoms with Crippen molar-refractivity contribution < 1.29 is 27.5 Å². The number of esters is 1. The maximum absolute atomic E-state index is 13.7. The fourth-order valence-corrected chi connectivity index (χ4v) is 6.89. The van der Waals surface area contributed by atoms with Crippen LogP contribution < -0.4 is 13.9 Å². The van der Waals surface area contributed by atoms with Crippen LogP contribution in [-0.4, -0.2) is 46.6 Å². The van der Waals surface area contributed by atoms with Crippen molar-refractivity contribution in [3.63, 3.8) is 0 Å². The topological polar surface area (TPSA) is 93.2 Å². The lowest BCUT2D eigenvalue weighted by Crippen LogP contribution is -2.47. The zero-order chi connectivity index (χ0) is 27.0. The number of fused-ring (bicyclic) bond motifs is 2. The van der Waals surface area contributed by atoms with Gasteiger partial charge in [-0.3, -0.25) is 14.0 Å². The van der Waals surface area contributed by atoms with Gasteiger partial charge in [0.25, 0.3) is 15.9 Å². The summed E-state index contributed by atoms with van der Waals surface area (Å²) in [6, 6.07) is 20.9. The molecule has 0 radical (unpaired) electrons. The van der Waals surface area contributed by atoms with Gasteiger partial charge in [0.1, 0.15) is 5.75 Å². The summed E-state index contributed by atoms with van der Waals surface area (Å²) in [5.41, 5.74) is 2.06. The standard InChI is InChI=1S/C28H26N2O6S2/c1-4-30(38(33,34)21-12-9-18(2)10-13-21)20-11-14-25-19(15-20)16-26(37-25)27(31)29-17-24(28(32)35-3)36-23-8-6-5-7-22(23)29/h5-16,24H,4,17H2,1-3H3. The molecule has 0 fully saturated rings. The van der Waals surface area contributed by atoms with Crippen molar-refractivity contribution in [2.75, 3.05) is 29.4 Å². The summed E-state index contributed by atoms with van der Waals surface area (Å²) in [5, 5.41) is 0.750. The van der Waals surface area contributed by atoms with Crippen LogP contribution in [0.1, 0.15) is 22.2 Å². The van der Waals surface area contributed by atoms with E-state index in [9.17, 15) is 18.0 Å². The Labute approximate surface area is 225 Å². The van der Waals surface area contributed by atoms with Crippen LogP contribution in [0.25, 0.3) is 10.1 Å². The van der Waals surface area contributed by atoms with E-state index in [0.29, 0.717) is 22.0 Å². The summed E-state index contributed by atoms with van der Waals surface area (Å²) in [6.45, 7) is 3.95. The molecule has 10 heteroatoms. The molecule has 3 aromatic carbocycles. The zero-order valence-electron chi connectivity index (χ0n) is 21.1. The van der Waals surface area contributed by atoms with Crippen molar-refractivity contribution in [3.05, 3.63) is 83.2 Å². The number of carbonyl (C=O) groups excluding carboxylic acids is 2. The lowest BCUT2D eigenvalue weighted by atomic mass is 10.1. The number of nitrogens with zero attached hydrogens (tertiary/aromatic N) is 2. The van der Waals surface area contributed by atoms with Crippen molar-refractivity contribution >= 4 is 54.7 Å². The van der Waals surface area contributed by atoms with E-state index in [1.165, 1.54) is 27.7 Å². The van der Waals surface area contributed by atoms with Gasteiger partial charge in [-0.2, -0.15) is 0 Å². The maximum Gasteiger partial charge on any atom is 0.348 e. The molecule has 196 valence electrons. The number of thiophene rings is 1. The number of benzene rings is 3. The van der Waals surface area contributed by atoms with E-state index >= 15 is 0 Å². The molecule has 0 N–H and O–H groups in total. The third kappa shape index (κ3) is 4.61. The van der Waals surface area contributed by atoms with E-state index in [-0.39, 0.29) is 23.9 Å². The average Bonchev–Trinajstić information content (AvgIpc) is 3.35. The number of anilines is 2. The van der Waals surface area contributed by atoms with Gasteiger partial charge < -0.3 is 9.47 Å². The molecule has 8 nitrogen and oxygen atoms in total. The monoisotopic (exact) mass is 550 g/mol. The fraction of sp³-hybridized carbons (Fsp3) is 0.214. The highest BCUT2D eigenvalue weighted by Gasteiger charge is 2.35. The van der Waals surface area contributed by atoms with Crippen molar-refractivity contribution in [1.29, 1.82) is 0 Å². The van der Waals surface area contributed by atoms with Crippen LogP contribution >= 0.6 is 11.3 Å². The minimum atomic E-state index is -3.76. The first-order valence-corrected chi connectivity index (χ1v) is 14.3. The minimum absolute atomic E-state index is 0.0143. The summed E-state index contributed by atoms with van der Waals surface area (Å²) in [6.07, 6.45) is -0.940. The predicted octanol–water partition coefficient (Wildman–Crippen LogP) is 5.01. The highest BCUT2D eigenvalue weighted by molar-refractivity contribution is 7.92. The Morgan fingerprint density at radius 1 is 1.08 bits per heavy atom. The number of rotatable bonds is 6. The Hall–Kier alpha value is -3.89. The molecule has 1 atom stereocenters. The average molecular weight is 551 g/mol. The highest BCUT2D eigenvalue weighted by atomic mass is 32.2. The van der Waals surface area contributed by atoms with Gasteiger partial charge in [-0.15, -0.1) is 11.3 Å². The van der Waals surface area contributed by atoms with E-state index in [0.717, 1.165) is 15.6 Å². The molecule has 5 rings (SSSR count). The number of carbonyl (C=O) groups is 2. The molecule has 0 aliphatic carbocycles. The van der Waals surface area contributed by atoms with E-state index in [1.54, 1.807) is 73.7 Å². The molecule has 4 aromatic rings. The number of aryl methyl sites for hydroxylation is 1. The van der Waals surface area contributed by atoms with E-state index in [1.807, 2.05) is 13.0 Å². The summed E-state index contributed by atoms with van der Waals surface area (Å²) in [4.78, 5) is 28.1. The Balaban J connectivity index is 1.48. The molecule has 0 saturated heterocycles. The Morgan fingerprint density at radius 3 is 2.53 bits per heavy atom. The van der Waals surface area contributed by atoms with Crippen molar-refractivity contribution in [2.45, 2.75) is 24.8 Å². The van der Waals surface area contributed by atoms with Crippen LogP contribution in [-0.2, 0) is 19.6 Å². The quantitative estimate of drug-likeness (QED) is 0.314. The van der Waals surface area contributed by atoms with Crippen molar-refractivity contribution in [1.82, 2.24) is 0 Å². The smallest absolute Gasteiger partial charge is 0.348 e. The molecule has 0 spiro atoms. The second kappa shape index (κ2) is 10.1. The molecular weight excluding hydrogens is 524 g/mol. The van der Waals surface area contributed by atoms with E-state index in [2.05, 4.69) is 0 Å². The van der Waals surface area contributed by atoms with Crippen molar-refractivity contribution in [3.8, 4) is 5.75 Å². The number of sulfonamides is 1. The van der Waals surface area contributed by atoms with Gasteiger partial charge in [0, 0.05) is 11.2 Å². The lowest BCUT2D eigenvalue weighted by Gasteiger charge is -2.33. The van der Waals surface area contributed by atoms with Gasteiger partial charge in [0.15, 0.2) is 0 Å². The lowest BCUT2D eigenvalue weighted by molar-refractivity contribution is -0.148. The summed E-state index contributed by atoms with van der Waals surface area (Å²) in [5.74, 6) is -0.421. The Morgan fingerprint density at radius 2 is 1.82 bits per heavy atom. The van der Waals surface area contributed by atoms with Crippen LogP contribution in [0.5, 0.6) is 5.75 Å². The van der Waals surface area contributed by atoms with E-state index in [4.69, 9.17) is 9.47 Å². The van der Waals surface area contributed by atoms with Gasteiger partial charge in [0.2, 0.25) is 6.10 Å². The molecule has 38 heavy (non-hydrogen) atoms. The molecule has 1 unspecified atom stereocenters. The van der Waals surface area contributed by atoms with Gasteiger partial charge in [-0.05, 0) is 67.8 Å². The number of methoxy groups -OCH3 is 1. The third-order valence-corrected chi connectivity index (χ3v) is 9.40. The third-order valence-electron chi connectivity index (χ3n) is 6.38. The van der Waals surface area contributed by atoms with Crippen LogP contribution in [0.3, 0.4) is 0 Å². The molecule has 1 aromatic heterocycles. The first-order chi connectivity index (χ1) is 18.2. The van der Waals surface area contributed by atoms with Gasteiger partial charge in [0.05, 0.1) is 34.8 Å². The maximum atomic E-state index is 13.7. The van der Waals surface area contributed by atoms with Gasteiger partial charge in [-0.25, -0.2) is 13.2 Å². The molecule has 1 aliphatic rings. The van der Waals surface area contributed by atoms with Crippen molar-refractivity contribution in [2.24, 2.45) is 0 Å². The van der Waals surface area contributed by atoms with Crippen LogP contribution in [0.2, 0.25) is 0 Å². The minimum Gasteiger partial charge on any atom is -0.475 e. The fourth-order valence-electron chi connectivity index (χ4n) is 4.43. The van der Waals surface area contributed by atoms with Crippen LogP contribution in [0.4, 0.5) is 11.4 Å². The molecule has 0 bridgehead atoms. The highest BCUT2D eigenvalue weighted by Crippen LogP contribution is 2.37. The number of para-hydroxylation sites is 2. The molecule has 1 aliphatic heterocycles. The van der Waals surface area contributed by atoms with Crippen LogP contribution in [0.15, 0.2) is 77.7 Å². The number of hydrogen-bond donors (Lipinski definition) is 0. The second-order valence-corrected chi connectivity index (χ2v) is 11.8. The first kappa shape index (κ1) is 25.7. The summed E-state index contributed by atoms with van der Waals surface area (Å²) < 4.78 is 39.6. The second-order valence-electron chi connectivity index (χ2n) is 8.83. The number of hydrogen-bond acceptors (Lipinski definition) is 7. The molecule has 2 heterocycles. The number of ether oxygens (including phenoxy) is 2. The normalized spacial score (nSPS) is 15.0.